The normalized spacial score (nSPS) is 19.0. The second kappa shape index (κ2) is 25.5. The van der Waals surface area contributed by atoms with Crippen LogP contribution in [0, 0.1) is 30.3 Å². The molecule has 22 heteroatoms. The second-order valence-electron chi connectivity index (χ2n) is 16.1. The average molecular weight is 929 g/mol. The maximum atomic E-state index is 12.0. The zero-order valence-corrected chi connectivity index (χ0v) is 41.2. The van der Waals surface area contributed by atoms with Crippen LogP contribution in [0.4, 0.5) is 34.1 Å². The molecule has 3 heterocycles. The van der Waals surface area contributed by atoms with E-state index >= 15 is 0 Å². The van der Waals surface area contributed by atoms with Crippen molar-refractivity contribution in [2.45, 2.75) is 66.6 Å². The molecule has 0 aliphatic carbocycles. The van der Waals surface area contributed by atoms with Gasteiger partial charge in [0.2, 0.25) is 0 Å². The van der Waals surface area contributed by atoms with E-state index in [9.17, 15) is 49.8 Å². The minimum Gasteiger partial charge on any atom is -0.545 e. The third kappa shape index (κ3) is 14.0. The molecule has 0 spiro atoms. The summed E-state index contributed by atoms with van der Waals surface area (Å²) in [5.41, 5.74) is 6.28. The van der Waals surface area contributed by atoms with Gasteiger partial charge >= 0.3 is 35.5 Å². The van der Waals surface area contributed by atoms with Crippen LogP contribution >= 0.6 is 0 Å². The summed E-state index contributed by atoms with van der Waals surface area (Å²) >= 11 is 0. The Hall–Kier alpha value is -5.45. The zero-order chi connectivity index (χ0) is 48.1. The zero-order valence-electron chi connectivity index (χ0n) is 39.2. The molecule has 0 aromatic heterocycles. The Morgan fingerprint density at radius 2 is 0.894 bits per heavy atom. The van der Waals surface area contributed by atoms with E-state index in [0.717, 1.165) is 89.9 Å². The fourth-order valence-corrected chi connectivity index (χ4v) is 8.43. The first-order valence-electron chi connectivity index (χ1n) is 21.9. The number of amides is 1. The Kier molecular flexibility index (Phi) is 21.2. The molecule has 3 aromatic carbocycles. The molecule has 3 atom stereocenters. The number of rotatable bonds is 13. The van der Waals surface area contributed by atoms with Gasteiger partial charge < -0.3 is 35.1 Å². The summed E-state index contributed by atoms with van der Waals surface area (Å²) in [7, 11) is 0. The monoisotopic (exact) mass is 928 g/mol. The molecular formula is C44H61N10NaO11. The van der Waals surface area contributed by atoms with Crippen molar-refractivity contribution in [1.82, 2.24) is 14.7 Å². The topological polar surface area (TPSA) is 258 Å². The molecule has 0 radical (unpaired) electrons. The van der Waals surface area contributed by atoms with Crippen molar-refractivity contribution in [1.29, 1.82) is 0 Å². The molecule has 66 heavy (non-hydrogen) atoms. The number of nitro groups is 3. The standard InChI is InChI=1S/C16H23N3O4.C14H20N4O3.C14H19N3O4.Na/c1-4-17-8-9-18(12(3)11-17)13-6-7-15(19(21)22)14(10-13)16(20)23-5-2;1-3-16-6-7-17(10(2)9-16)11-4-5-13(18(20)21)12(8-11)14(15)19;1-3-15-6-7-16(10(2)9-15)11-4-5-13(17(20)21)12(8-11)14(18)19;/h6-7,10,12H,4-5,8-9,11H2,1-3H3;4-5,8,10H,3,6-7,9H2,1-2H3,(H2,15,19);4-5,8,10H,3,6-7,9H2,1-2H3,(H,18,19);/q;;;+1/p-1/t12-;2*10-;/m000./s1. The maximum Gasteiger partial charge on any atom is 1.00 e. The van der Waals surface area contributed by atoms with Crippen molar-refractivity contribution >= 4 is 52.0 Å². The minimum absolute atomic E-state index is 0. The summed E-state index contributed by atoms with van der Waals surface area (Å²) in [5, 5.41) is 44.0. The van der Waals surface area contributed by atoms with Gasteiger partial charge in [0.15, 0.2) is 0 Å². The Morgan fingerprint density at radius 1 is 0.576 bits per heavy atom. The van der Waals surface area contributed by atoms with Crippen molar-refractivity contribution in [2.24, 2.45) is 5.73 Å². The molecule has 354 valence electrons. The number of likely N-dealkylation sites (N-methyl/N-ethyl adjacent to an activating group) is 3. The van der Waals surface area contributed by atoms with Gasteiger partial charge in [-0.05, 0) is 83.7 Å². The first kappa shape index (κ1) is 54.9. The van der Waals surface area contributed by atoms with E-state index in [-0.39, 0.29) is 82.4 Å². The number of aromatic carboxylic acids is 1. The van der Waals surface area contributed by atoms with Crippen molar-refractivity contribution in [2.75, 3.05) is 99.8 Å². The minimum atomic E-state index is -1.52. The Morgan fingerprint density at radius 3 is 1.18 bits per heavy atom. The van der Waals surface area contributed by atoms with E-state index in [2.05, 4.69) is 70.9 Å². The number of nitro benzene ring substituents is 3. The Labute approximate surface area is 407 Å². The SMILES string of the molecule is CCN1CCN(c2ccc([N+](=O)[O-])c(C(=O)[O-])c2)[C@@H](C)C1.CCN1CCN(c2ccc([N+](=O)[O-])c(C(N)=O)c2)[C@@H](C)C1.CCOC(=O)c1cc(N2CCN(CC)C[C@@H]2C)ccc1[N+](=O)[O-].[Na+]. The molecule has 2 N–H and O–H groups in total. The van der Waals surface area contributed by atoms with Crippen LogP contribution in [0.1, 0.15) is 79.5 Å². The summed E-state index contributed by atoms with van der Waals surface area (Å²) in [6.45, 7) is 25.4. The smallest absolute Gasteiger partial charge is 0.545 e. The molecular weight excluding hydrogens is 868 g/mol. The van der Waals surface area contributed by atoms with Crippen LogP contribution in [0.25, 0.3) is 0 Å². The second-order valence-corrected chi connectivity index (χ2v) is 16.1. The fourth-order valence-electron chi connectivity index (χ4n) is 8.43. The summed E-state index contributed by atoms with van der Waals surface area (Å²) < 4.78 is 4.95. The van der Waals surface area contributed by atoms with E-state index < -0.39 is 38.3 Å². The predicted molar refractivity (Wildman–Crippen MR) is 245 cm³/mol. The molecule has 0 bridgehead atoms. The number of hydrogen-bond donors (Lipinski definition) is 1. The van der Waals surface area contributed by atoms with Crippen molar-refractivity contribution in [3.05, 3.63) is 102 Å². The van der Waals surface area contributed by atoms with Crippen LogP contribution in [0.15, 0.2) is 54.6 Å². The van der Waals surface area contributed by atoms with Gasteiger partial charge in [0.25, 0.3) is 23.0 Å². The van der Waals surface area contributed by atoms with Gasteiger partial charge in [-0.2, -0.15) is 0 Å². The third-order valence-corrected chi connectivity index (χ3v) is 12.0. The summed E-state index contributed by atoms with van der Waals surface area (Å²) in [4.78, 5) is 79.1. The van der Waals surface area contributed by atoms with E-state index in [1.807, 2.05) is 0 Å². The van der Waals surface area contributed by atoms with Crippen molar-refractivity contribution in [3.8, 4) is 0 Å². The van der Waals surface area contributed by atoms with Crippen LogP contribution in [-0.4, -0.2) is 151 Å². The summed E-state index contributed by atoms with van der Waals surface area (Å²) in [6.07, 6.45) is 0. The van der Waals surface area contributed by atoms with Crippen LogP contribution in [-0.2, 0) is 4.74 Å². The number of benzene rings is 3. The summed E-state index contributed by atoms with van der Waals surface area (Å²) in [5.74, 6) is -2.95. The van der Waals surface area contributed by atoms with E-state index in [1.54, 1.807) is 31.2 Å². The molecule has 3 aliphatic rings. The quantitative estimate of drug-likeness (QED) is 0.109. The summed E-state index contributed by atoms with van der Waals surface area (Å²) in [6, 6.07) is 14.2. The largest absolute Gasteiger partial charge is 1.00 e. The number of piperazine rings is 3. The van der Waals surface area contributed by atoms with E-state index in [1.165, 1.54) is 30.3 Å². The Balaban J connectivity index is 0.000000261. The van der Waals surface area contributed by atoms with Crippen molar-refractivity contribution in [3.63, 3.8) is 0 Å². The molecule has 21 nitrogen and oxygen atoms in total. The van der Waals surface area contributed by atoms with Crippen LogP contribution < -0.4 is 55.1 Å². The predicted octanol–water partition coefficient (Wildman–Crippen LogP) is 1.02. The van der Waals surface area contributed by atoms with Gasteiger partial charge in [0.1, 0.15) is 11.1 Å². The van der Waals surface area contributed by atoms with Gasteiger partial charge in [-0.25, -0.2) is 4.79 Å². The number of carbonyl (C=O) groups is 3. The molecule has 3 aromatic rings. The average Bonchev–Trinajstić information content (AvgIpc) is 3.28. The van der Waals surface area contributed by atoms with Gasteiger partial charge in [-0.15, -0.1) is 0 Å². The van der Waals surface area contributed by atoms with Crippen LogP contribution in [0.2, 0.25) is 0 Å². The molecule has 6 rings (SSSR count). The van der Waals surface area contributed by atoms with Crippen LogP contribution in [0.3, 0.4) is 0 Å². The molecule has 0 saturated carbocycles. The first-order chi connectivity index (χ1) is 30.8. The number of carboxylic acid groups (broad SMARTS) is 1. The number of esters is 1. The van der Waals surface area contributed by atoms with Gasteiger partial charge in [0, 0.05) is 112 Å². The van der Waals surface area contributed by atoms with Crippen molar-refractivity contribution < 1.29 is 68.6 Å². The van der Waals surface area contributed by atoms with Gasteiger partial charge in [-0.1, -0.05) is 20.8 Å². The number of ether oxygens (including phenoxy) is 1. The molecule has 3 fully saturated rings. The maximum absolute atomic E-state index is 12.0. The number of anilines is 3. The first-order valence-corrected chi connectivity index (χ1v) is 21.9. The number of hydrogen-bond acceptors (Lipinski definition) is 17. The van der Waals surface area contributed by atoms with E-state index in [0.29, 0.717) is 5.69 Å². The number of nitrogens with zero attached hydrogens (tertiary/aromatic N) is 9. The number of nitrogens with two attached hydrogens (primary N) is 1. The molecule has 3 aliphatic heterocycles. The van der Waals surface area contributed by atoms with E-state index in [4.69, 9.17) is 10.5 Å². The number of primary amides is 1. The van der Waals surface area contributed by atoms with Gasteiger partial charge in [0.05, 0.1) is 32.9 Å². The van der Waals surface area contributed by atoms with Gasteiger partial charge in [-0.3, -0.25) is 49.8 Å². The van der Waals surface area contributed by atoms with Crippen LogP contribution in [0.5, 0.6) is 0 Å². The number of carboxylic acids is 1. The third-order valence-electron chi connectivity index (χ3n) is 12.0. The fraction of sp³-hybridized carbons (Fsp3) is 0.523. The molecule has 1 amide bonds. The Bertz CT molecular complexity index is 2100. The number of carbonyl (C=O) groups excluding carboxylic acids is 3. The molecule has 0 unspecified atom stereocenters. The molecule has 3 saturated heterocycles.